The monoisotopic (exact) mass is 695 g/mol. The first-order chi connectivity index (χ1) is 19.6. The van der Waals surface area contributed by atoms with Crippen LogP contribution in [0.4, 0.5) is 79.6 Å². The van der Waals surface area contributed by atoms with Crippen LogP contribution in [0.3, 0.4) is 0 Å². The van der Waals surface area contributed by atoms with Crippen molar-refractivity contribution >= 4 is 38.3 Å². The molecule has 2 rings (SSSR count). The Bertz CT molecular complexity index is 1380. The molecule has 0 aliphatic rings. The number of amides is 1. The molecule has 250 valence electrons. The first-order valence-electron chi connectivity index (χ1n) is 11.3. The molecule has 0 bridgehead atoms. The van der Waals surface area contributed by atoms with E-state index in [4.69, 9.17) is 4.74 Å². The number of carbonyl (C=O) groups is 2. The Hall–Kier alpha value is -3.07. The number of thiophene rings is 1. The van der Waals surface area contributed by atoms with E-state index in [0.29, 0.717) is 6.42 Å². The number of anilines is 1. The van der Waals surface area contributed by atoms with Crippen molar-refractivity contribution in [1.82, 2.24) is 0 Å². The fraction of sp³-hybridized carbons (Fsp3) is 0.545. The second-order valence-electron chi connectivity index (χ2n) is 8.76. The third-order valence-corrected chi connectivity index (χ3v) is 6.85. The highest BCUT2D eigenvalue weighted by Gasteiger charge is 2.95. The number of benzene rings is 1. The highest BCUT2D eigenvalue weighted by molar-refractivity contribution is 7.23. The Morgan fingerprint density at radius 3 is 1.64 bits per heavy atom. The third-order valence-electron chi connectivity index (χ3n) is 5.76. The molecular formula is C22H14F17NO3S. The van der Waals surface area contributed by atoms with Crippen LogP contribution in [0, 0.1) is 0 Å². The van der Waals surface area contributed by atoms with Crippen LogP contribution < -0.4 is 5.32 Å². The molecule has 1 heterocycles. The molecule has 1 aromatic heterocycles. The molecule has 0 radical (unpaired) electrons. The number of ether oxygens (including phenoxy) is 1. The summed E-state index contributed by atoms with van der Waals surface area (Å²) in [5.74, 6) is -64.0. The number of fused-ring (bicyclic) bond motifs is 1. The molecular weight excluding hydrogens is 681 g/mol. The quantitative estimate of drug-likeness (QED) is 0.137. The van der Waals surface area contributed by atoms with Gasteiger partial charge in [-0.3, -0.25) is 4.79 Å². The zero-order valence-corrected chi connectivity index (χ0v) is 21.8. The molecule has 0 fully saturated rings. The molecule has 2 aromatic rings. The average molecular weight is 695 g/mol. The Labute approximate surface area is 237 Å². The lowest BCUT2D eigenvalue weighted by atomic mass is 9.89. The van der Waals surface area contributed by atoms with Gasteiger partial charge in [0.2, 0.25) is 0 Å². The Morgan fingerprint density at radius 1 is 0.705 bits per heavy atom. The van der Waals surface area contributed by atoms with Gasteiger partial charge >= 0.3 is 59.5 Å². The van der Waals surface area contributed by atoms with Crippen LogP contribution in [0.1, 0.15) is 30.1 Å². The summed E-state index contributed by atoms with van der Waals surface area (Å²) in [7, 11) is 0. The lowest BCUT2D eigenvalue weighted by Gasteiger charge is -2.42. The first kappa shape index (κ1) is 37.1. The standard InChI is InChI=1S/C22H14F17NO3S/c1-2-3-8-43-13(41)11-9-6-4-5-7-10(9)44-12(11)40-14(42)15(23,24)16(25,26)17(27,28)18(29,30)19(31,32)20(33,34)21(35,36)22(37,38)39/h4-7H,2-3,8H2,1H3,(H,40,42). The summed E-state index contributed by atoms with van der Waals surface area (Å²) in [4.78, 5) is 24.5. The minimum absolute atomic E-state index is 0.0929. The largest absolute Gasteiger partial charge is 0.462 e. The van der Waals surface area contributed by atoms with Crippen molar-refractivity contribution in [3.05, 3.63) is 29.8 Å². The topological polar surface area (TPSA) is 55.4 Å². The lowest BCUT2D eigenvalue weighted by Crippen LogP contribution is -2.75. The summed E-state index contributed by atoms with van der Waals surface area (Å²) in [6.45, 7) is 1.29. The van der Waals surface area contributed by atoms with Crippen LogP contribution in [-0.2, 0) is 9.53 Å². The van der Waals surface area contributed by atoms with Crippen molar-refractivity contribution in [3.8, 4) is 0 Å². The van der Waals surface area contributed by atoms with Crippen molar-refractivity contribution in [2.45, 2.75) is 67.4 Å². The number of unbranched alkanes of at least 4 members (excludes halogenated alkanes) is 1. The molecule has 1 amide bonds. The SMILES string of the molecule is CCCCOC(=O)c1c(NC(=O)C(F)(F)C(F)(F)C(F)(F)C(F)(F)C(F)(F)C(F)(F)C(F)(F)C(F)(F)F)sc2ccccc12. The first-order valence-corrected chi connectivity index (χ1v) is 12.1. The molecule has 0 aliphatic heterocycles. The zero-order valence-electron chi connectivity index (χ0n) is 21.0. The van der Waals surface area contributed by atoms with E-state index in [0.717, 1.165) is 17.4 Å². The van der Waals surface area contributed by atoms with E-state index < -0.39 is 70.1 Å². The van der Waals surface area contributed by atoms with Crippen molar-refractivity contribution in [3.63, 3.8) is 0 Å². The van der Waals surface area contributed by atoms with E-state index in [9.17, 15) is 84.2 Å². The van der Waals surface area contributed by atoms with Crippen LogP contribution >= 0.6 is 11.3 Å². The van der Waals surface area contributed by atoms with Crippen LogP contribution in [0.2, 0.25) is 0 Å². The summed E-state index contributed by atoms with van der Waals surface area (Å²) in [6, 6.07) is 4.69. The Balaban J connectivity index is 2.59. The predicted molar refractivity (Wildman–Crippen MR) is 116 cm³/mol. The number of carbonyl (C=O) groups excluding carboxylic acids is 2. The molecule has 0 spiro atoms. The maximum atomic E-state index is 14.4. The fourth-order valence-corrected chi connectivity index (χ4v) is 4.29. The second-order valence-corrected chi connectivity index (χ2v) is 9.82. The molecule has 44 heavy (non-hydrogen) atoms. The highest BCUT2D eigenvalue weighted by Crippen LogP contribution is 2.64. The van der Waals surface area contributed by atoms with E-state index in [-0.39, 0.29) is 34.5 Å². The number of halogens is 17. The molecule has 0 unspecified atom stereocenters. The summed E-state index contributed by atoms with van der Waals surface area (Å²) in [5, 5.41) is -0.584. The molecule has 4 nitrogen and oxygen atoms in total. The van der Waals surface area contributed by atoms with Gasteiger partial charge in [0.15, 0.2) is 0 Å². The smallest absolute Gasteiger partial charge is 0.460 e. The maximum Gasteiger partial charge on any atom is 0.460 e. The van der Waals surface area contributed by atoms with Crippen molar-refractivity contribution in [2.24, 2.45) is 0 Å². The zero-order chi connectivity index (χ0) is 34.5. The van der Waals surface area contributed by atoms with Crippen LogP contribution in [-0.4, -0.2) is 66.1 Å². The molecule has 1 N–H and O–H groups in total. The van der Waals surface area contributed by atoms with E-state index >= 15 is 0 Å². The van der Waals surface area contributed by atoms with Crippen molar-refractivity contribution in [1.29, 1.82) is 0 Å². The van der Waals surface area contributed by atoms with E-state index in [2.05, 4.69) is 0 Å². The van der Waals surface area contributed by atoms with Gasteiger partial charge in [0, 0.05) is 10.1 Å². The van der Waals surface area contributed by atoms with E-state index in [1.165, 1.54) is 12.1 Å². The number of rotatable bonds is 12. The third kappa shape index (κ3) is 5.39. The van der Waals surface area contributed by atoms with Gasteiger partial charge in [0.25, 0.3) is 0 Å². The van der Waals surface area contributed by atoms with Crippen LogP contribution in [0.15, 0.2) is 24.3 Å². The summed E-state index contributed by atoms with van der Waals surface area (Å²) < 4.78 is 234. The number of nitrogens with one attached hydrogen (secondary N) is 1. The minimum Gasteiger partial charge on any atom is -0.462 e. The normalized spacial score (nSPS) is 14.6. The summed E-state index contributed by atoms with van der Waals surface area (Å²) in [5.41, 5.74) is -0.869. The Morgan fingerprint density at radius 2 is 1.16 bits per heavy atom. The average Bonchev–Trinajstić information content (AvgIpc) is 3.25. The Kier molecular flexibility index (Phi) is 9.60. The van der Waals surface area contributed by atoms with Gasteiger partial charge in [-0.2, -0.15) is 74.6 Å². The summed E-state index contributed by atoms with van der Waals surface area (Å²) in [6.07, 6.45) is -7.24. The van der Waals surface area contributed by atoms with Gasteiger partial charge in [-0.25, -0.2) is 4.79 Å². The van der Waals surface area contributed by atoms with Gasteiger partial charge in [-0.15, -0.1) is 11.3 Å². The predicted octanol–water partition coefficient (Wildman–Crippen LogP) is 8.81. The molecule has 22 heteroatoms. The fourth-order valence-electron chi connectivity index (χ4n) is 3.21. The van der Waals surface area contributed by atoms with E-state index in [1.54, 1.807) is 6.92 Å². The highest BCUT2D eigenvalue weighted by atomic mass is 32.1. The second kappa shape index (κ2) is 11.4. The number of hydrogen-bond donors (Lipinski definition) is 1. The van der Waals surface area contributed by atoms with Gasteiger partial charge in [0.05, 0.1) is 6.61 Å². The molecule has 1 aromatic carbocycles. The lowest BCUT2D eigenvalue weighted by molar-refractivity contribution is -0.459. The molecule has 0 atom stereocenters. The summed E-state index contributed by atoms with van der Waals surface area (Å²) >= 11 is 0.116. The van der Waals surface area contributed by atoms with Gasteiger partial charge < -0.3 is 10.1 Å². The number of esters is 1. The van der Waals surface area contributed by atoms with Gasteiger partial charge in [-0.05, 0) is 12.5 Å². The molecule has 0 saturated heterocycles. The minimum atomic E-state index is -8.82. The van der Waals surface area contributed by atoms with Crippen LogP contribution in [0.5, 0.6) is 0 Å². The molecule has 0 aliphatic carbocycles. The van der Waals surface area contributed by atoms with Gasteiger partial charge in [0.1, 0.15) is 10.6 Å². The number of hydrogen-bond acceptors (Lipinski definition) is 4. The molecule has 0 saturated carbocycles. The van der Waals surface area contributed by atoms with Gasteiger partial charge in [-0.1, -0.05) is 31.5 Å². The van der Waals surface area contributed by atoms with Crippen molar-refractivity contribution < 1.29 is 89.0 Å². The van der Waals surface area contributed by atoms with Crippen LogP contribution in [0.25, 0.3) is 10.1 Å². The van der Waals surface area contributed by atoms with E-state index in [1.807, 2.05) is 0 Å². The van der Waals surface area contributed by atoms with Crippen molar-refractivity contribution in [2.75, 3.05) is 11.9 Å². The maximum absolute atomic E-state index is 14.4. The number of alkyl halides is 17.